The van der Waals surface area contributed by atoms with Gasteiger partial charge in [-0.05, 0) is 39.2 Å². The molecule has 0 spiro atoms. The Labute approximate surface area is 170 Å². The zero-order chi connectivity index (χ0) is 21.0. The van der Waals surface area contributed by atoms with Crippen LogP contribution in [0.5, 0.6) is 0 Å². The van der Waals surface area contributed by atoms with Crippen LogP contribution in [0, 0.1) is 10.1 Å². The lowest BCUT2D eigenvalue weighted by atomic mass is 9.89. The van der Waals surface area contributed by atoms with Crippen molar-refractivity contribution in [2.24, 2.45) is 5.14 Å². The van der Waals surface area contributed by atoms with Crippen LogP contribution in [0.1, 0.15) is 26.2 Å². The van der Waals surface area contributed by atoms with Gasteiger partial charge in [0, 0.05) is 15.1 Å². The van der Waals surface area contributed by atoms with Crippen LogP contribution >= 0.6 is 11.8 Å². The zero-order valence-electron chi connectivity index (χ0n) is 16.4. The predicted octanol–water partition coefficient (Wildman–Crippen LogP) is 2.02. The summed E-state index contributed by atoms with van der Waals surface area (Å²) < 4.78 is 24.9. The topological polar surface area (TPSA) is 119 Å². The highest BCUT2D eigenvalue weighted by Crippen LogP contribution is 2.37. The first kappa shape index (κ1) is 22.8. The molecule has 0 radical (unpaired) electrons. The first-order valence-electron chi connectivity index (χ1n) is 9.01. The number of rotatable bonds is 9. The molecule has 0 bridgehead atoms. The van der Waals surface area contributed by atoms with E-state index in [0.717, 1.165) is 4.90 Å². The fourth-order valence-electron chi connectivity index (χ4n) is 3.33. The van der Waals surface area contributed by atoms with Gasteiger partial charge in [0.05, 0.1) is 12.8 Å². The Kier molecular flexibility index (Phi) is 7.27. The quantitative estimate of drug-likeness (QED) is 0.203. The van der Waals surface area contributed by atoms with Crippen LogP contribution in [0.15, 0.2) is 47.4 Å². The molecule has 0 amide bonds. The highest BCUT2D eigenvalue weighted by Gasteiger charge is 2.57. The number of hydrogen-bond acceptors (Lipinski definition) is 7. The van der Waals surface area contributed by atoms with Crippen molar-refractivity contribution in [2.75, 3.05) is 20.6 Å². The SMILES string of the molecule is CC(CCN[C@]1(S(N)(=O)=O)C=CCC(N(C)C)([N+](=O)[O-])C1)Sc1ccccc1. The lowest BCUT2D eigenvalue weighted by molar-refractivity contribution is -0.601. The monoisotopic (exact) mass is 428 g/mol. The fourth-order valence-corrected chi connectivity index (χ4v) is 5.36. The van der Waals surface area contributed by atoms with Crippen LogP contribution in [0.2, 0.25) is 0 Å². The molecule has 28 heavy (non-hydrogen) atoms. The Morgan fingerprint density at radius 1 is 1.36 bits per heavy atom. The summed E-state index contributed by atoms with van der Waals surface area (Å²) in [5, 5.41) is 20.5. The summed E-state index contributed by atoms with van der Waals surface area (Å²) in [6.45, 7) is 2.42. The molecule has 1 aliphatic rings. The van der Waals surface area contributed by atoms with E-state index in [1.807, 2.05) is 30.3 Å². The van der Waals surface area contributed by atoms with Gasteiger partial charge in [0.2, 0.25) is 10.0 Å². The van der Waals surface area contributed by atoms with Crippen molar-refractivity contribution < 1.29 is 13.3 Å². The minimum absolute atomic E-state index is 0.117. The predicted molar refractivity (Wildman–Crippen MR) is 112 cm³/mol. The first-order valence-corrected chi connectivity index (χ1v) is 11.4. The van der Waals surface area contributed by atoms with Gasteiger partial charge in [0.1, 0.15) is 0 Å². The van der Waals surface area contributed by atoms with Crippen LogP contribution in [0.4, 0.5) is 0 Å². The molecule has 0 heterocycles. The minimum atomic E-state index is -4.12. The van der Waals surface area contributed by atoms with E-state index in [-0.39, 0.29) is 18.1 Å². The molecule has 156 valence electrons. The maximum atomic E-state index is 12.4. The minimum Gasteiger partial charge on any atom is -0.294 e. The molecular formula is C18H28N4O4S2. The summed E-state index contributed by atoms with van der Waals surface area (Å²) in [5.74, 6) is 0. The molecule has 0 aromatic heterocycles. The first-order chi connectivity index (χ1) is 13.0. The number of thioether (sulfide) groups is 1. The van der Waals surface area contributed by atoms with Crippen molar-refractivity contribution in [3.63, 3.8) is 0 Å². The van der Waals surface area contributed by atoms with Gasteiger partial charge < -0.3 is 0 Å². The zero-order valence-corrected chi connectivity index (χ0v) is 18.0. The second kappa shape index (κ2) is 8.91. The lowest BCUT2D eigenvalue weighted by Crippen LogP contribution is -2.64. The summed E-state index contributed by atoms with van der Waals surface area (Å²) in [7, 11) is -0.963. The van der Waals surface area contributed by atoms with Crippen molar-refractivity contribution in [3.05, 3.63) is 52.6 Å². The van der Waals surface area contributed by atoms with Crippen LogP contribution in [-0.2, 0) is 10.0 Å². The summed E-state index contributed by atoms with van der Waals surface area (Å²) in [6.07, 6.45) is 3.54. The Morgan fingerprint density at radius 2 is 2.00 bits per heavy atom. The van der Waals surface area contributed by atoms with E-state index in [1.54, 1.807) is 25.9 Å². The van der Waals surface area contributed by atoms with Crippen molar-refractivity contribution >= 4 is 21.8 Å². The van der Waals surface area contributed by atoms with Crippen LogP contribution in [0.3, 0.4) is 0 Å². The normalized spacial score (nSPS) is 26.3. The van der Waals surface area contributed by atoms with E-state index in [2.05, 4.69) is 12.2 Å². The molecule has 2 rings (SSSR count). The number of nitrogens with two attached hydrogens (primary N) is 1. The Bertz CT molecular complexity index is 816. The Balaban J connectivity index is 2.13. The van der Waals surface area contributed by atoms with Gasteiger partial charge in [0.25, 0.3) is 5.66 Å². The highest BCUT2D eigenvalue weighted by molar-refractivity contribution is 8.00. The lowest BCUT2D eigenvalue weighted by Gasteiger charge is -2.41. The summed E-state index contributed by atoms with van der Waals surface area (Å²) in [5.41, 5.74) is -1.53. The third-order valence-electron chi connectivity index (χ3n) is 5.11. The molecule has 1 aromatic carbocycles. The van der Waals surface area contributed by atoms with Crippen LogP contribution in [-0.4, -0.2) is 54.7 Å². The van der Waals surface area contributed by atoms with E-state index < -0.39 is 25.5 Å². The molecule has 0 fully saturated rings. The number of nitrogens with one attached hydrogen (secondary N) is 1. The van der Waals surface area contributed by atoms with Crippen molar-refractivity contribution in [1.82, 2.24) is 10.2 Å². The van der Waals surface area contributed by atoms with E-state index >= 15 is 0 Å². The van der Waals surface area contributed by atoms with Crippen molar-refractivity contribution in [1.29, 1.82) is 0 Å². The van der Waals surface area contributed by atoms with Gasteiger partial charge in [-0.2, -0.15) is 0 Å². The van der Waals surface area contributed by atoms with Crippen LogP contribution < -0.4 is 10.5 Å². The van der Waals surface area contributed by atoms with E-state index in [1.165, 1.54) is 17.1 Å². The van der Waals surface area contributed by atoms with Crippen LogP contribution in [0.25, 0.3) is 0 Å². The van der Waals surface area contributed by atoms with E-state index in [9.17, 15) is 18.5 Å². The number of sulfonamides is 1. The second-order valence-corrected chi connectivity index (χ2v) is 10.6. The number of nitrogens with zero attached hydrogens (tertiary/aromatic N) is 2. The molecule has 1 aliphatic carbocycles. The van der Waals surface area contributed by atoms with Crippen molar-refractivity contribution in [2.45, 2.75) is 46.9 Å². The Morgan fingerprint density at radius 3 is 2.54 bits per heavy atom. The molecule has 0 aliphatic heterocycles. The summed E-state index contributed by atoms with van der Waals surface area (Å²) in [4.78, 5) is 12.3. The van der Waals surface area contributed by atoms with E-state index in [4.69, 9.17) is 5.14 Å². The average Bonchev–Trinajstić information content (AvgIpc) is 2.61. The molecular weight excluding hydrogens is 400 g/mol. The molecule has 0 saturated heterocycles. The molecule has 2 unspecified atom stereocenters. The second-order valence-electron chi connectivity index (χ2n) is 7.31. The highest BCUT2D eigenvalue weighted by atomic mass is 32.2. The summed E-state index contributed by atoms with van der Waals surface area (Å²) >= 11 is 1.69. The third kappa shape index (κ3) is 4.93. The van der Waals surface area contributed by atoms with Gasteiger partial charge in [-0.25, -0.2) is 18.5 Å². The number of hydrogen-bond donors (Lipinski definition) is 2. The molecule has 3 atom stereocenters. The molecule has 8 nitrogen and oxygen atoms in total. The molecule has 1 aromatic rings. The average molecular weight is 429 g/mol. The van der Waals surface area contributed by atoms with Gasteiger partial charge >= 0.3 is 0 Å². The number of benzene rings is 1. The van der Waals surface area contributed by atoms with Gasteiger partial charge in [-0.1, -0.05) is 37.3 Å². The molecule has 10 heteroatoms. The standard InChI is InChI=1S/C18H28N4O4S2/c1-15(27-16-8-5-4-6-9-16)10-13-20-17(28(19,25)26)11-7-12-18(14-17,21(2)3)22(23)24/h4-9,11,15,20H,10,12-14H2,1-3H3,(H2,19,25,26)/t15?,17-,18?/m0/s1. The Hall–Kier alpha value is -1.46. The van der Waals surface area contributed by atoms with E-state index in [0.29, 0.717) is 13.0 Å². The number of nitro groups is 1. The summed E-state index contributed by atoms with van der Waals surface area (Å²) in [6, 6.07) is 9.93. The van der Waals surface area contributed by atoms with Gasteiger partial charge in [-0.3, -0.25) is 15.4 Å². The third-order valence-corrected chi connectivity index (χ3v) is 7.74. The van der Waals surface area contributed by atoms with Crippen molar-refractivity contribution in [3.8, 4) is 0 Å². The molecule has 0 saturated carbocycles. The maximum Gasteiger partial charge on any atom is 0.283 e. The van der Waals surface area contributed by atoms with Gasteiger partial charge in [0.15, 0.2) is 4.87 Å². The largest absolute Gasteiger partial charge is 0.294 e. The fraction of sp³-hybridized carbons (Fsp3) is 0.556. The van der Waals surface area contributed by atoms with Gasteiger partial charge in [-0.15, -0.1) is 11.8 Å². The maximum absolute atomic E-state index is 12.4. The smallest absolute Gasteiger partial charge is 0.283 e. The number of primary sulfonamides is 1. The molecule has 3 N–H and O–H groups in total.